The molecular weight excluding hydrogens is 200 g/mol. The number of carbonyl (C=O) groups excluding carboxylic acids is 1. The van der Waals surface area contributed by atoms with Gasteiger partial charge in [-0.05, 0) is 13.2 Å². The first-order valence-corrected chi connectivity index (χ1v) is 5.94. The smallest absolute Gasteiger partial charge is 0.241 e. The standard InChI is InChI=1S/C9H20N2O2S/c1-7(6-14-4)11(2)9(12)8(10)5-13-3/h7-8H,5-6,10H2,1-4H3. The van der Waals surface area contributed by atoms with Crippen molar-refractivity contribution in [3.63, 3.8) is 0 Å². The average Bonchev–Trinajstić information content (AvgIpc) is 2.16. The molecule has 1 amide bonds. The molecule has 0 saturated heterocycles. The van der Waals surface area contributed by atoms with Crippen LogP contribution >= 0.6 is 11.8 Å². The van der Waals surface area contributed by atoms with Crippen LogP contribution in [0.5, 0.6) is 0 Å². The predicted molar refractivity (Wildman–Crippen MR) is 60.5 cm³/mol. The molecule has 0 aliphatic rings. The van der Waals surface area contributed by atoms with Crippen LogP contribution in [0.4, 0.5) is 0 Å². The van der Waals surface area contributed by atoms with E-state index in [4.69, 9.17) is 10.5 Å². The van der Waals surface area contributed by atoms with E-state index >= 15 is 0 Å². The molecule has 0 aliphatic carbocycles. The lowest BCUT2D eigenvalue weighted by molar-refractivity contribution is -0.133. The summed E-state index contributed by atoms with van der Waals surface area (Å²) in [7, 11) is 3.32. The Hall–Kier alpha value is -0.260. The molecule has 0 bridgehead atoms. The molecular formula is C9H20N2O2S. The van der Waals surface area contributed by atoms with E-state index < -0.39 is 6.04 Å². The number of carbonyl (C=O) groups is 1. The van der Waals surface area contributed by atoms with E-state index in [1.807, 2.05) is 13.2 Å². The molecule has 0 aliphatic heterocycles. The molecule has 0 spiro atoms. The fourth-order valence-corrected chi connectivity index (χ4v) is 1.79. The fourth-order valence-electron chi connectivity index (χ4n) is 1.08. The Kier molecular flexibility index (Phi) is 6.96. The number of rotatable bonds is 6. The second kappa shape index (κ2) is 7.09. The van der Waals surface area contributed by atoms with Crippen molar-refractivity contribution in [1.29, 1.82) is 0 Å². The van der Waals surface area contributed by atoms with Gasteiger partial charge in [-0.15, -0.1) is 0 Å². The molecule has 5 heteroatoms. The summed E-state index contributed by atoms with van der Waals surface area (Å²) in [5.74, 6) is 0.857. The SMILES string of the molecule is COCC(N)C(=O)N(C)C(C)CSC. The van der Waals surface area contributed by atoms with Crippen LogP contribution in [0.3, 0.4) is 0 Å². The molecule has 0 fully saturated rings. The third-order valence-corrected chi connectivity index (χ3v) is 2.90. The molecule has 0 rings (SSSR count). The number of ether oxygens (including phenoxy) is 1. The van der Waals surface area contributed by atoms with Crippen molar-refractivity contribution >= 4 is 17.7 Å². The number of nitrogens with zero attached hydrogens (tertiary/aromatic N) is 1. The lowest BCUT2D eigenvalue weighted by atomic mass is 10.2. The van der Waals surface area contributed by atoms with Gasteiger partial charge in [-0.1, -0.05) is 0 Å². The van der Waals surface area contributed by atoms with E-state index in [2.05, 4.69) is 0 Å². The number of methoxy groups -OCH3 is 1. The third-order valence-electron chi connectivity index (χ3n) is 2.08. The van der Waals surface area contributed by atoms with Crippen LogP contribution in [0.2, 0.25) is 0 Å². The molecule has 0 radical (unpaired) electrons. The highest BCUT2D eigenvalue weighted by Gasteiger charge is 2.21. The first-order valence-electron chi connectivity index (χ1n) is 4.54. The molecule has 14 heavy (non-hydrogen) atoms. The fraction of sp³-hybridized carbons (Fsp3) is 0.889. The number of thioether (sulfide) groups is 1. The molecule has 0 aromatic rings. The minimum absolute atomic E-state index is 0.0617. The van der Waals surface area contributed by atoms with Gasteiger partial charge in [0.05, 0.1) is 6.61 Å². The van der Waals surface area contributed by atoms with Crippen molar-refractivity contribution < 1.29 is 9.53 Å². The number of nitrogens with two attached hydrogens (primary N) is 1. The maximum Gasteiger partial charge on any atom is 0.241 e. The Morgan fingerprint density at radius 1 is 1.64 bits per heavy atom. The largest absolute Gasteiger partial charge is 0.383 e. The maximum absolute atomic E-state index is 11.7. The second-order valence-electron chi connectivity index (χ2n) is 3.32. The summed E-state index contributed by atoms with van der Waals surface area (Å²) in [5, 5.41) is 0. The van der Waals surface area contributed by atoms with E-state index in [0.29, 0.717) is 0 Å². The van der Waals surface area contributed by atoms with Crippen molar-refractivity contribution in [3.8, 4) is 0 Å². The highest BCUT2D eigenvalue weighted by molar-refractivity contribution is 7.98. The van der Waals surface area contributed by atoms with Crippen LogP contribution in [-0.4, -0.2) is 55.7 Å². The number of amides is 1. The summed E-state index contributed by atoms with van der Waals surface area (Å²) in [6, 6.07) is -0.338. The normalized spacial score (nSPS) is 14.9. The number of hydrogen-bond acceptors (Lipinski definition) is 4. The molecule has 0 saturated carbocycles. The summed E-state index contributed by atoms with van der Waals surface area (Å²) < 4.78 is 4.84. The van der Waals surface area contributed by atoms with Gasteiger partial charge in [0.2, 0.25) is 5.91 Å². The zero-order valence-corrected chi connectivity index (χ0v) is 10.1. The van der Waals surface area contributed by atoms with Crippen molar-refractivity contribution in [2.24, 2.45) is 5.73 Å². The molecule has 0 heterocycles. The quantitative estimate of drug-likeness (QED) is 0.693. The summed E-state index contributed by atoms with van der Waals surface area (Å²) >= 11 is 1.71. The Labute approximate surface area is 90.2 Å². The molecule has 84 valence electrons. The van der Waals surface area contributed by atoms with Crippen molar-refractivity contribution in [2.75, 3.05) is 32.8 Å². The molecule has 0 aromatic heterocycles. The van der Waals surface area contributed by atoms with Gasteiger partial charge < -0.3 is 15.4 Å². The Bertz CT molecular complexity index is 178. The highest BCUT2D eigenvalue weighted by atomic mass is 32.2. The summed E-state index contributed by atoms with van der Waals surface area (Å²) in [5.41, 5.74) is 5.64. The van der Waals surface area contributed by atoms with Crippen LogP contribution in [0.15, 0.2) is 0 Å². The molecule has 2 N–H and O–H groups in total. The van der Waals surface area contributed by atoms with Crippen molar-refractivity contribution in [3.05, 3.63) is 0 Å². The van der Waals surface area contributed by atoms with E-state index in [-0.39, 0.29) is 18.6 Å². The van der Waals surface area contributed by atoms with Crippen LogP contribution < -0.4 is 5.73 Å². The van der Waals surface area contributed by atoms with Gasteiger partial charge in [0.25, 0.3) is 0 Å². The Morgan fingerprint density at radius 2 is 2.21 bits per heavy atom. The zero-order chi connectivity index (χ0) is 11.1. The second-order valence-corrected chi connectivity index (χ2v) is 4.23. The minimum Gasteiger partial charge on any atom is -0.383 e. The van der Waals surface area contributed by atoms with E-state index in [0.717, 1.165) is 5.75 Å². The summed E-state index contributed by atoms with van der Waals surface area (Å²) in [6.07, 6.45) is 2.02. The summed E-state index contributed by atoms with van der Waals surface area (Å²) in [6.45, 7) is 2.28. The van der Waals surface area contributed by atoms with Gasteiger partial charge in [-0.2, -0.15) is 11.8 Å². The first kappa shape index (κ1) is 13.7. The Morgan fingerprint density at radius 3 is 2.64 bits per heavy atom. The van der Waals surface area contributed by atoms with Crippen molar-refractivity contribution in [1.82, 2.24) is 4.90 Å². The molecule has 0 aromatic carbocycles. The molecule has 2 atom stereocenters. The first-order chi connectivity index (χ1) is 6.54. The van der Waals surface area contributed by atoms with Gasteiger partial charge in [-0.25, -0.2) is 0 Å². The van der Waals surface area contributed by atoms with Crippen LogP contribution in [0.25, 0.3) is 0 Å². The zero-order valence-electron chi connectivity index (χ0n) is 9.32. The van der Waals surface area contributed by atoms with E-state index in [9.17, 15) is 4.79 Å². The van der Waals surface area contributed by atoms with E-state index in [1.165, 1.54) is 0 Å². The van der Waals surface area contributed by atoms with E-state index in [1.54, 1.807) is 30.8 Å². The predicted octanol–water partition coefficient (Wildman–Crippen LogP) is 0.170. The molecule has 2 unspecified atom stereocenters. The van der Waals surface area contributed by atoms with Gasteiger partial charge in [0, 0.05) is 26.0 Å². The van der Waals surface area contributed by atoms with Gasteiger partial charge in [0.15, 0.2) is 0 Å². The van der Waals surface area contributed by atoms with Crippen LogP contribution in [0, 0.1) is 0 Å². The topological polar surface area (TPSA) is 55.6 Å². The van der Waals surface area contributed by atoms with Crippen LogP contribution in [-0.2, 0) is 9.53 Å². The molecule has 4 nitrogen and oxygen atoms in total. The van der Waals surface area contributed by atoms with Gasteiger partial charge >= 0.3 is 0 Å². The number of likely N-dealkylation sites (N-methyl/N-ethyl adjacent to an activating group) is 1. The van der Waals surface area contributed by atoms with Gasteiger partial charge in [0.1, 0.15) is 6.04 Å². The average molecular weight is 220 g/mol. The highest BCUT2D eigenvalue weighted by Crippen LogP contribution is 2.04. The lowest BCUT2D eigenvalue weighted by Crippen LogP contribution is -2.48. The number of hydrogen-bond donors (Lipinski definition) is 1. The minimum atomic E-state index is -0.547. The summed E-state index contributed by atoms with van der Waals surface area (Å²) in [4.78, 5) is 13.3. The monoisotopic (exact) mass is 220 g/mol. The van der Waals surface area contributed by atoms with Crippen molar-refractivity contribution in [2.45, 2.75) is 19.0 Å². The lowest BCUT2D eigenvalue weighted by Gasteiger charge is -2.26. The maximum atomic E-state index is 11.7. The van der Waals surface area contributed by atoms with Gasteiger partial charge in [-0.3, -0.25) is 4.79 Å². The Balaban J connectivity index is 4.09. The third kappa shape index (κ3) is 4.30. The van der Waals surface area contributed by atoms with Crippen LogP contribution in [0.1, 0.15) is 6.92 Å².